The molecule has 1 aliphatic heterocycles. The molecule has 2 heterocycles. The highest BCUT2D eigenvalue weighted by atomic mass is 32.2. The molecule has 1 aliphatic rings. The lowest BCUT2D eigenvalue weighted by atomic mass is 10.00. The van der Waals surface area contributed by atoms with Gasteiger partial charge in [0.05, 0.1) is 0 Å². The Morgan fingerprint density at radius 2 is 2.00 bits per heavy atom. The van der Waals surface area contributed by atoms with E-state index >= 15 is 0 Å². The van der Waals surface area contributed by atoms with Gasteiger partial charge in [0.1, 0.15) is 18.5 Å². The zero-order valence-corrected chi connectivity index (χ0v) is 16.7. The van der Waals surface area contributed by atoms with E-state index in [1.54, 1.807) is 24.2 Å². The molecule has 0 aliphatic carbocycles. The van der Waals surface area contributed by atoms with Crippen LogP contribution in [0.3, 0.4) is 0 Å². The van der Waals surface area contributed by atoms with Crippen LogP contribution in [0.15, 0.2) is 71.9 Å². The average molecular weight is 393 g/mol. The number of thioether (sulfide) groups is 1. The average Bonchev–Trinajstić information content (AvgIpc) is 2.95. The van der Waals surface area contributed by atoms with Gasteiger partial charge in [0, 0.05) is 48.1 Å². The fourth-order valence-electron chi connectivity index (χ4n) is 3.49. The second kappa shape index (κ2) is 8.78. The van der Waals surface area contributed by atoms with Crippen LogP contribution in [-0.4, -0.2) is 34.4 Å². The molecule has 0 saturated heterocycles. The van der Waals surface area contributed by atoms with Crippen LogP contribution in [0.1, 0.15) is 28.4 Å². The Morgan fingerprint density at radius 3 is 2.75 bits per heavy atom. The second-order valence-electron chi connectivity index (χ2n) is 6.96. The van der Waals surface area contributed by atoms with Crippen molar-refractivity contribution >= 4 is 11.8 Å². The van der Waals surface area contributed by atoms with Crippen LogP contribution in [0.4, 0.5) is 0 Å². The van der Waals surface area contributed by atoms with E-state index in [0.717, 1.165) is 42.1 Å². The van der Waals surface area contributed by atoms with Gasteiger partial charge in [-0.25, -0.2) is 0 Å². The summed E-state index contributed by atoms with van der Waals surface area (Å²) in [6.45, 7) is 3.22. The van der Waals surface area contributed by atoms with Gasteiger partial charge in [-0.2, -0.15) is 0 Å². The van der Waals surface area contributed by atoms with Crippen LogP contribution in [0.25, 0.3) is 0 Å². The van der Waals surface area contributed by atoms with Gasteiger partial charge >= 0.3 is 0 Å². The molecule has 4 rings (SSSR count). The molecule has 1 unspecified atom stereocenters. The number of hydrogen-bond acceptors (Lipinski definition) is 5. The molecule has 3 aromatic rings. The molecule has 144 valence electrons. The fraction of sp³-hybridized carbons (Fsp3) is 0.261. The number of rotatable bonds is 5. The first-order valence-electron chi connectivity index (χ1n) is 9.42. The molecule has 0 amide bonds. The van der Waals surface area contributed by atoms with Gasteiger partial charge in [-0.05, 0) is 47.7 Å². The molecule has 0 saturated carbocycles. The number of nitrogens with zero attached hydrogens (tertiary/aromatic N) is 2. The van der Waals surface area contributed by atoms with Gasteiger partial charge in [0.2, 0.25) is 0 Å². The van der Waals surface area contributed by atoms with E-state index in [2.05, 4.69) is 46.5 Å². The summed E-state index contributed by atoms with van der Waals surface area (Å²) in [4.78, 5) is 7.78. The SMILES string of the molecule is CSc1ccc(CN2CCOc3ccc(C(O)c4cccnc4)cc3C2)cc1. The van der Waals surface area contributed by atoms with Gasteiger partial charge in [0.25, 0.3) is 0 Å². The van der Waals surface area contributed by atoms with E-state index in [9.17, 15) is 5.11 Å². The first-order chi connectivity index (χ1) is 13.7. The number of aromatic nitrogens is 1. The molecular weight excluding hydrogens is 368 g/mol. The maximum Gasteiger partial charge on any atom is 0.123 e. The summed E-state index contributed by atoms with van der Waals surface area (Å²) in [5.41, 5.74) is 4.07. The van der Waals surface area contributed by atoms with Gasteiger partial charge in [-0.3, -0.25) is 9.88 Å². The molecule has 4 nitrogen and oxygen atoms in total. The van der Waals surface area contributed by atoms with Crippen LogP contribution in [0.5, 0.6) is 5.75 Å². The van der Waals surface area contributed by atoms with Gasteiger partial charge in [-0.15, -0.1) is 11.8 Å². The smallest absolute Gasteiger partial charge is 0.123 e. The van der Waals surface area contributed by atoms with E-state index in [1.807, 2.05) is 24.3 Å². The molecule has 5 heteroatoms. The Morgan fingerprint density at radius 1 is 1.14 bits per heavy atom. The normalized spacial score (nSPS) is 15.4. The van der Waals surface area contributed by atoms with Crippen molar-refractivity contribution in [3.63, 3.8) is 0 Å². The lowest BCUT2D eigenvalue weighted by Crippen LogP contribution is -2.25. The molecule has 0 spiro atoms. The summed E-state index contributed by atoms with van der Waals surface area (Å²) < 4.78 is 5.95. The predicted octanol–water partition coefficient (Wildman–Crippen LogP) is 4.28. The maximum absolute atomic E-state index is 10.7. The van der Waals surface area contributed by atoms with Gasteiger partial charge in [0.15, 0.2) is 0 Å². The Balaban J connectivity index is 1.52. The zero-order valence-electron chi connectivity index (χ0n) is 15.9. The number of pyridine rings is 1. The highest BCUT2D eigenvalue weighted by molar-refractivity contribution is 7.98. The standard InChI is InChI=1S/C23H24N2O2S/c1-28-21-7-4-17(5-8-21)15-25-11-12-27-22-9-6-18(13-20(22)16-25)23(26)19-3-2-10-24-14-19/h2-10,13-14,23,26H,11-12,15-16H2,1H3. The molecular formula is C23H24N2O2S. The largest absolute Gasteiger partial charge is 0.492 e. The van der Waals surface area contributed by atoms with E-state index in [1.165, 1.54) is 10.5 Å². The monoisotopic (exact) mass is 392 g/mol. The molecule has 1 aromatic heterocycles. The van der Waals surface area contributed by atoms with Crippen molar-refractivity contribution in [2.45, 2.75) is 24.1 Å². The molecule has 2 aromatic carbocycles. The predicted molar refractivity (Wildman–Crippen MR) is 113 cm³/mol. The topological polar surface area (TPSA) is 45.6 Å². The lowest BCUT2D eigenvalue weighted by molar-refractivity contribution is 0.218. The van der Waals surface area contributed by atoms with Crippen molar-refractivity contribution in [2.24, 2.45) is 0 Å². The molecule has 0 bridgehead atoms. The summed E-state index contributed by atoms with van der Waals surface area (Å²) in [7, 11) is 0. The Bertz CT molecular complexity index is 916. The van der Waals surface area contributed by atoms with Crippen molar-refractivity contribution in [1.29, 1.82) is 0 Å². The first kappa shape index (κ1) is 19.0. The maximum atomic E-state index is 10.7. The Labute approximate surface area is 170 Å². The van der Waals surface area contributed by atoms with Crippen molar-refractivity contribution in [1.82, 2.24) is 9.88 Å². The van der Waals surface area contributed by atoms with E-state index < -0.39 is 6.10 Å². The number of ether oxygens (including phenoxy) is 1. The van der Waals surface area contributed by atoms with E-state index in [0.29, 0.717) is 6.61 Å². The van der Waals surface area contributed by atoms with E-state index in [-0.39, 0.29) is 0 Å². The molecule has 0 fully saturated rings. The van der Waals surface area contributed by atoms with Crippen molar-refractivity contribution < 1.29 is 9.84 Å². The number of hydrogen-bond donors (Lipinski definition) is 1. The minimum absolute atomic E-state index is 0.667. The second-order valence-corrected chi connectivity index (χ2v) is 7.84. The van der Waals surface area contributed by atoms with Crippen molar-refractivity contribution in [2.75, 3.05) is 19.4 Å². The Hall–Kier alpha value is -2.34. The Kier molecular flexibility index (Phi) is 5.95. The summed E-state index contributed by atoms with van der Waals surface area (Å²) in [6.07, 6.45) is 4.83. The molecule has 0 radical (unpaired) electrons. The van der Waals surface area contributed by atoms with Crippen LogP contribution in [0, 0.1) is 0 Å². The van der Waals surface area contributed by atoms with Crippen molar-refractivity contribution in [3.05, 3.63) is 89.2 Å². The number of benzene rings is 2. The van der Waals surface area contributed by atoms with Crippen LogP contribution < -0.4 is 4.74 Å². The molecule has 28 heavy (non-hydrogen) atoms. The third-order valence-electron chi connectivity index (χ3n) is 5.02. The van der Waals surface area contributed by atoms with Gasteiger partial charge < -0.3 is 9.84 Å². The molecule has 1 atom stereocenters. The number of aliphatic hydroxyl groups excluding tert-OH is 1. The summed E-state index contributed by atoms with van der Waals surface area (Å²) in [5.74, 6) is 0.905. The van der Waals surface area contributed by atoms with E-state index in [4.69, 9.17) is 4.74 Å². The van der Waals surface area contributed by atoms with Gasteiger partial charge in [-0.1, -0.05) is 24.3 Å². The minimum Gasteiger partial charge on any atom is -0.492 e. The summed E-state index contributed by atoms with van der Waals surface area (Å²) in [6, 6.07) is 18.4. The highest BCUT2D eigenvalue weighted by Gasteiger charge is 2.18. The third-order valence-corrected chi connectivity index (χ3v) is 5.77. The first-order valence-corrected chi connectivity index (χ1v) is 10.6. The highest BCUT2D eigenvalue weighted by Crippen LogP contribution is 2.30. The lowest BCUT2D eigenvalue weighted by Gasteiger charge is -2.20. The van der Waals surface area contributed by atoms with Crippen LogP contribution in [0.2, 0.25) is 0 Å². The summed E-state index contributed by atoms with van der Waals surface area (Å²) >= 11 is 1.76. The third kappa shape index (κ3) is 4.38. The van der Waals surface area contributed by atoms with Crippen molar-refractivity contribution in [3.8, 4) is 5.75 Å². The zero-order chi connectivity index (χ0) is 19.3. The van der Waals surface area contributed by atoms with Crippen LogP contribution in [-0.2, 0) is 13.1 Å². The molecule has 1 N–H and O–H groups in total. The van der Waals surface area contributed by atoms with Crippen LogP contribution >= 0.6 is 11.8 Å². The minimum atomic E-state index is -0.685. The summed E-state index contributed by atoms with van der Waals surface area (Å²) in [5, 5.41) is 10.7. The number of fused-ring (bicyclic) bond motifs is 1. The number of aliphatic hydroxyl groups is 1. The fourth-order valence-corrected chi connectivity index (χ4v) is 3.90. The quantitative estimate of drug-likeness (QED) is 0.657.